The average Bonchev–Trinajstić information content (AvgIpc) is 2.69. The van der Waals surface area contributed by atoms with Crippen LogP contribution in [-0.4, -0.2) is 7.05 Å². The van der Waals surface area contributed by atoms with Crippen LogP contribution in [0.3, 0.4) is 0 Å². The van der Waals surface area contributed by atoms with Crippen LogP contribution in [-0.2, 0) is 0 Å². The lowest BCUT2D eigenvalue weighted by Crippen LogP contribution is -2.16. The molecule has 1 heterocycles. The molecule has 2 aromatic rings. The normalized spacial score (nSPS) is 12.7. The summed E-state index contributed by atoms with van der Waals surface area (Å²) in [5.41, 5.74) is 1.11. The summed E-state index contributed by atoms with van der Waals surface area (Å²) in [5, 5.41) is 4.09. The molecule has 0 radical (unpaired) electrons. The second kappa shape index (κ2) is 5.32. The molecule has 0 spiro atoms. The second-order valence-electron chi connectivity index (χ2n) is 3.39. The molecule has 2 rings (SSSR count). The fourth-order valence-electron chi connectivity index (χ4n) is 1.64. The van der Waals surface area contributed by atoms with Gasteiger partial charge in [-0.25, -0.2) is 0 Å². The fraction of sp³-hybridized carbons (Fsp3) is 0.167. The van der Waals surface area contributed by atoms with Crippen molar-refractivity contribution in [2.45, 2.75) is 6.04 Å². The van der Waals surface area contributed by atoms with E-state index in [0.29, 0.717) is 0 Å². The highest BCUT2D eigenvalue weighted by molar-refractivity contribution is 9.11. The zero-order valence-electron chi connectivity index (χ0n) is 8.71. The molecule has 0 aliphatic rings. The highest BCUT2D eigenvalue weighted by Gasteiger charge is 2.16. The summed E-state index contributed by atoms with van der Waals surface area (Å²) in [4.78, 5) is 1.25. The van der Waals surface area contributed by atoms with Crippen LogP contribution in [0, 0.1) is 0 Å². The van der Waals surface area contributed by atoms with E-state index in [1.165, 1.54) is 4.88 Å². The Morgan fingerprint density at radius 2 is 2.00 bits per heavy atom. The van der Waals surface area contributed by atoms with Gasteiger partial charge in [0.25, 0.3) is 0 Å². The van der Waals surface area contributed by atoms with Gasteiger partial charge in [-0.3, -0.25) is 0 Å². The largest absolute Gasteiger partial charge is 0.309 e. The van der Waals surface area contributed by atoms with Crippen LogP contribution in [0.5, 0.6) is 0 Å². The molecule has 0 amide bonds. The Balaban J connectivity index is 2.40. The minimum Gasteiger partial charge on any atom is -0.309 e. The summed E-state index contributed by atoms with van der Waals surface area (Å²) in [7, 11) is 1.95. The molecular formula is C12H11BrClNS. The van der Waals surface area contributed by atoms with E-state index in [0.717, 1.165) is 14.4 Å². The van der Waals surface area contributed by atoms with Crippen LogP contribution in [0.4, 0.5) is 0 Å². The van der Waals surface area contributed by atoms with E-state index in [1.807, 2.05) is 25.2 Å². The molecule has 1 nitrogen and oxygen atoms in total. The van der Waals surface area contributed by atoms with Crippen molar-refractivity contribution in [1.29, 1.82) is 0 Å². The Morgan fingerprint density at radius 3 is 2.56 bits per heavy atom. The lowest BCUT2D eigenvalue weighted by molar-refractivity contribution is 0.704. The minimum absolute atomic E-state index is 0.157. The maximum Gasteiger partial charge on any atom is 0.0702 e. The van der Waals surface area contributed by atoms with E-state index in [9.17, 15) is 0 Å². The van der Waals surface area contributed by atoms with Gasteiger partial charge in [-0.05, 0) is 46.7 Å². The predicted molar refractivity (Wildman–Crippen MR) is 74.4 cm³/mol. The molecule has 1 unspecified atom stereocenters. The average molecular weight is 317 g/mol. The van der Waals surface area contributed by atoms with Gasteiger partial charge < -0.3 is 5.32 Å². The maximum absolute atomic E-state index is 6.21. The molecule has 4 heteroatoms. The summed E-state index contributed by atoms with van der Waals surface area (Å²) in [6.45, 7) is 0. The van der Waals surface area contributed by atoms with Gasteiger partial charge in [-0.2, -0.15) is 0 Å². The van der Waals surface area contributed by atoms with Gasteiger partial charge in [0.15, 0.2) is 0 Å². The molecule has 1 aromatic carbocycles. The number of thiophene rings is 1. The van der Waals surface area contributed by atoms with Crippen molar-refractivity contribution < 1.29 is 0 Å². The molecule has 0 saturated heterocycles. The monoisotopic (exact) mass is 315 g/mol. The topological polar surface area (TPSA) is 12.0 Å². The van der Waals surface area contributed by atoms with Crippen molar-refractivity contribution in [3.63, 3.8) is 0 Å². The van der Waals surface area contributed by atoms with Gasteiger partial charge in [0, 0.05) is 9.90 Å². The van der Waals surface area contributed by atoms with Crippen LogP contribution >= 0.6 is 38.9 Å². The number of hydrogen-bond donors (Lipinski definition) is 1. The number of benzene rings is 1. The van der Waals surface area contributed by atoms with E-state index in [-0.39, 0.29) is 6.04 Å². The molecule has 1 atom stereocenters. The number of halogens is 2. The quantitative estimate of drug-likeness (QED) is 0.881. The van der Waals surface area contributed by atoms with Gasteiger partial charge >= 0.3 is 0 Å². The van der Waals surface area contributed by atoms with Gasteiger partial charge in [-0.1, -0.05) is 29.8 Å². The highest BCUT2D eigenvalue weighted by atomic mass is 79.9. The summed E-state index contributed by atoms with van der Waals surface area (Å²) in [5.74, 6) is 0. The molecule has 0 aliphatic carbocycles. The SMILES string of the molecule is CNC(c1ccc(Br)s1)c1ccccc1Cl. The van der Waals surface area contributed by atoms with Crippen molar-refractivity contribution in [2.24, 2.45) is 0 Å². The Morgan fingerprint density at radius 1 is 1.25 bits per heavy atom. The van der Waals surface area contributed by atoms with Crippen molar-refractivity contribution in [1.82, 2.24) is 5.32 Å². The Hall–Kier alpha value is -0.350. The number of hydrogen-bond acceptors (Lipinski definition) is 2. The van der Waals surface area contributed by atoms with Crippen LogP contribution in [0.2, 0.25) is 5.02 Å². The third-order valence-electron chi connectivity index (χ3n) is 2.38. The summed E-state index contributed by atoms with van der Waals surface area (Å²) >= 11 is 11.4. The Bertz CT molecular complexity index is 483. The standard InChI is InChI=1S/C12H11BrClNS/c1-15-12(10-6-7-11(13)16-10)8-4-2-3-5-9(8)14/h2-7,12,15H,1H3. The molecular weight excluding hydrogens is 306 g/mol. The molecule has 0 bridgehead atoms. The summed E-state index contributed by atoms with van der Waals surface area (Å²) in [6.07, 6.45) is 0. The highest BCUT2D eigenvalue weighted by Crippen LogP contribution is 2.33. The van der Waals surface area contributed by atoms with Crippen molar-refractivity contribution in [3.8, 4) is 0 Å². The van der Waals surface area contributed by atoms with Crippen molar-refractivity contribution >= 4 is 38.9 Å². The van der Waals surface area contributed by atoms with Crippen LogP contribution < -0.4 is 5.32 Å². The summed E-state index contributed by atoms with van der Waals surface area (Å²) < 4.78 is 1.13. The second-order valence-corrected chi connectivity index (χ2v) is 6.29. The third-order valence-corrected chi connectivity index (χ3v) is 4.42. The molecule has 16 heavy (non-hydrogen) atoms. The van der Waals surface area contributed by atoms with Gasteiger partial charge in [0.1, 0.15) is 0 Å². The van der Waals surface area contributed by atoms with Crippen LogP contribution in [0.25, 0.3) is 0 Å². The first kappa shape index (κ1) is 12.1. The molecule has 0 saturated carbocycles. The Labute approximate surface area is 113 Å². The van der Waals surface area contributed by atoms with E-state index in [2.05, 4.69) is 39.4 Å². The van der Waals surface area contributed by atoms with Crippen LogP contribution in [0.1, 0.15) is 16.5 Å². The molecule has 0 aliphatic heterocycles. The first-order valence-electron chi connectivity index (χ1n) is 4.89. The molecule has 0 fully saturated rings. The zero-order chi connectivity index (χ0) is 11.5. The lowest BCUT2D eigenvalue weighted by atomic mass is 10.1. The maximum atomic E-state index is 6.21. The first-order chi connectivity index (χ1) is 7.72. The summed E-state index contributed by atoms with van der Waals surface area (Å²) in [6, 6.07) is 12.3. The molecule has 84 valence electrons. The van der Waals surface area contributed by atoms with Crippen molar-refractivity contribution in [2.75, 3.05) is 7.05 Å². The smallest absolute Gasteiger partial charge is 0.0702 e. The first-order valence-corrected chi connectivity index (χ1v) is 6.88. The van der Waals surface area contributed by atoms with E-state index >= 15 is 0 Å². The van der Waals surface area contributed by atoms with Crippen LogP contribution in [0.15, 0.2) is 40.2 Å². The zero-order valence-corrected chi connectivity index (χ0v) is 11.9. The number of nitrogens with one attached hydrogen (secondary N) is 1. The van der Waals surface area contributed by atoms with E-state index in [1.54, 1.807) is 11.3 Å². The van der Waals surface area contributed by atoms with Gasteiger partial charge in [0.05, 0.1) is 9.83 Å². The molecule has 1 N–H and O–H groups in total. The minimum atomic E-state index is 0.157. The van der Waals surface area contributed by atoms with E-state index < -0.39 is 0 Å². The predicted octanol–water partition coefficient (Wildman–Crippen LogP) is 4.47. The number of rotatable bonds is 3. The van der Waals surface area contributed by atoms with Gasteiger partial charge in [0.2, 0.25) is 0 Å². The van der Waals surface area contributed by atoms with E-state index in [4.69, 9.17) is 11.6 Å². The Kier molecular flexibility index (Phi) is 4.03. The van der Waals surface area contributed by atoms with Crippen molar-refractivity contribution in [3.05, 3.63) is 55.6 Å². The fourth-order valence-corrected chi connectivity index (χ4v) is 3.44. The molecule has 1 aromatic heterocycles. The third kappa shape index (κ3) is 2.48. The lowest BCUT2D eigenvalue weighted by Gasteiger charge is -2.16. The van der Waals surface area contributed by atoms with Gasteiger partial charge in [-0.15, -0.1) is 11.3 Å².